The van der Waals surface area contributed by atoms with E-state index in [1.165, 1.54) is 6.08 Å². The molecule has 0 amide bonds. The van der Waals surface area contributed by atoms with Crippen molar-refractivity contribution in [3.8, 4) is 0 Å². The van der Waals surface area contributed by atoms with Crippen LogP contribution in [0.4, 0.5) is 0 Å². The van der Waals surface area contributed by atoms with E-state index in [1.54, 1.807) is 36.4 Å². The highest BCUT2D eigenvalue weighted by molar-refractivity contribution is 5.89. The number of hydrogen-bond acceptors (Lipinski definition) is 4. The monoisotopic (exact) mass is 297 g/mol. The summed E-state index contributed by atoms with van der Waals surface area (Å²) < 4.78 is 5.22. The Labute approximate surface area is 128 Å². The number of ether oxygens (including phenoxy) is 1. The summed E-state index contributed by atoms with van der Waals surface area (Å²) in [4.78, 5) is 21.7. The quantitative estimate of drug-likeness (QED) is 0.466. The molecule has 0 saturated heterocycles. The fourth-order valence-electron chi connectivity index (χ4n) is 1.98. The van der Waals surface area contributed by atoms with Crippen LogP contribution in [0, 0.1) is 10.1 Å². The van der Waals surface area contributed by atoms with Crippen molar-refractivity contribution >= 4 is 12.0 Å². The number of carbonyl (C=O) groups is 1. The molecule has 0 N–H and O–H groups in total. The Morgan fingerprint density at radius 1 is 1.09 bits per heavy atom. The molecular weight excluding hydrogens is 282 g/mol. The Bertz CT molecular complexity index is 680. The van der Waals surface area contributed by atoms with Crippen molar-refractivity contribution in [1.82, 2.24) is 0 Å². The van der Waals surface area contributed by atoms with Crippen LogP contribution in [0.15, 0.2) is 60.8 Å². The second-order valence-corrected chi connectivity index (χ2v) is 4.55. The summed E-state index contributed by atoms with van der Waals surface area (Å²) in [6.07, 6.45) is 2.83. The molecule has 5 nitrogen and oxygen atoms in total. The van der Waals surface area contributed by atoms with Crippen LogP contribution < -0.4 is 0 Å². The fraction of sp³-hybridized carbons (Fsp3) is 0.118. The average Bonchev–Trinajstić information content (AvgIpc) is 2.54. The summed E-state index contributed by atoms with van der Waals surface area (Å²) in [7, 11) is 0. The first-order valence-electron chi connectivity index (χ1n) is 6.78. The molecule has 0 aliphatic heterocycles. The van der Waals surface area contributed by atoms with E-state index >= 15 is 0 Å². The fourth-order valence-corrected chi connectivity index (χ4v) is 1.98. The highest BCUT2D eigenvalue weighted by Gasteiger charge is 2.07. The number of nitro groups is 1. The summed E-state index contributed by atoms with van der Waals surface area (Å²) in [6.45, 7) is 0.219. The van der Waals surface area contributed by atoms with Crippen molar-refractivity contribution < 1.29 is 14.5 Å². The molecule has 112 valence electrons. The zero-order valence-electron chi connectivity index (χ0n) is 11.8. The number of rotatable bonds is 6. The van der Waals surface area contributed by atoms with Gasteiger partial charge in [0.1, 0.15) is 0 Å². The standard InChI is InChI=1S/C17H15NO4/c19-17(16-8-2-1-3-9-16)22-13-11-15-7-5-4-6-14(15)10-12-18(20)21/h1-10,12H,11,13H2. The van der Waals surface area contributed by atoms with Gasteiger partial charge in [-0.05, 0) is 23.3 Å². The Morgan fingerprint density at radius 3 is 2.50 bits per heavy atom. The van der Waals surface area contributed by atoms with Crippen LogP contribution in [0.1, 0.15) is 21.5 Å². The summed E-state index contributed by atoms with van der Waals surface area (Å²) in [5.41, 5.74) is 2.14. The van der Waals surface area contributed by atoms with E-state index in [4.69, 9.17) is 4.74 Å². The maximum Gasteiger partial charge on any atom is 0.338 e. The number of hydrogen-bond donors (Lipinski definition) is 0. The number of benzene rings is 2. The lowest BCUT2D eigenvalue weighted by Gasteiger charge is -2.07. The van der Waals surface area contributed by atoms with Crippen LogP contribution in [0.2, 0.25) is 0 Å². The van der Waals surface area contributed by atoms with Gasteiger partial charge in [0.2, 0.25) is 6.20 Å². The van der Waals surface area contributed by atoms with E-state index in [2.05, 4.69) is 0 Å². The first kappa shape index (κ1) is 15.4. The minimum Gasteiger partial charge on any atom is -0.462 e. The molecule has 0 spiro atoms. The van der Waals surface area contributed by atoms with Crippen LogP contribution in [0.5, 0.6) is 0 Å². The van der Waals surface area contributed by atoms with Crippen LogP contribution in [-0.2, 0) is 11.2 Å². The van der Waals surface area contributed by atoms with Crippen LogP contribution >= 0.6 is 0 Å². The Hall–Kier alpha value is -2.95. The smallest absolute Gasteiger partial charge is 0.338 e. The molecule has 22 heavy (non-hydrogen) atoms. The molecule has 2 rings (SSSR count). The van der Waals surface area contributed by atoms with Gasteiger partial charge in [-0.2, -0.15) is 0 Å². The number of esters is 1. The normalized spacial score (nSPS) is 10.5. The minimum atomic E-state index is -0.508. The molecule has 0 bridgehead atoms. The molecule has 0 aromatic heterocycles. The van der Waals surface area contributed by atoms with Gasteiger partial charge >= 0.3 is 5.97 Å². The van der Waals surface area contributed by atoms with Gasteiger partial charge in [0, 0.05) is 12.5 Å². The molecule has 2 aromatic rings. The van der Waals surface area contributed by atoms with Crippen molar-refractivity contribution in [2.24, 2.45) is 0 Å². The van der Waals surface area contributed by atoms with E-state index in [0.717, 1.165) is 17.3 Å². The van der Waals surface area contributed by atoms with Crippen molar-refractivity contribution in [2.45, 2.75) is 6.42 Å². The van der Waals surface area contributed by atoms with Gasteiger partial charge in [0.25, 0.3) is 0 Å². The Morgan fingerprint density at radius 2 is 1.77 bits per heavy atom. The largest absolute Gasteiger partial charge is 0.462 e. The molecule has 0 heterocycles. The highest BCUT2D eigenvalue weighted by Crippen LogP contribution is 2.12. The van der Waals surface area contributed by atoms with Gasteiger partial charge in [-0.1, -0.05) is 42.5 Å². The second kappa shape index (κ2) is 7.73. The maximum atomic E-state index is 11.8. The molecule has 0 atom stereocenters. The third-order valence-corrected chi connectivity index (χ3v) is 3.04. The van der Waals surface area contributed by atoms with Crippen LogP contribution in [0.25, 0.3) is 6.08 Å². The summed E-state index contributed by atoms with van der Waals surface area (Å²) in [5.74, 6) is -0.376. The zero-order chi connectivity index (χ0) is 15.8. The predicted octanol–water partition coefficient (Wildman–Crippen LogP) is 3.33. The molecule has 0 aliphatic rings. The molecule has 5 heteroatoms. The number of carbonyl (C=O) groups excluding carboxylic acids is 1. The van der Waals surface area contributed by atoms with Gasteiger partial charge in [-0.25, -0.2) is 4.79 Å². The van der Waals surface area contributed by atoms with Crippen LogP contribution in [0.3, 0.4) is 0 Å². The molecule has 0 aliphatic carbocycles. The Balaban J connectivity index is 1.95. The summed E-state index contributed by atoms with van der Waals surface area (Å²) in [6, 6.07) is 16.0. The highest BCUT2D eigenvalue weighted by atomic mass is 16.6. The SMILES string of the molecule is O=C(OCCc1ccccc1C=C[N+](=O)[O-])c1ccccc1. The van der Waals surface area contributed by atoms with Crippen molar-refractivity contribution in [3.63, 3.8) is 0 Å². The summed E-state index contributed by atoms with van der Waals surface area (Å²) >= 11 is 0. The first-order valence-corrected chi connectivity index (χ1v) is 6.78. The van der Waals surface area contributed by atoms with E-state index in [9.17, 15) is 14.9 Å². The van der Waals surface area contributed by atoms with Crippen molar-refractivity contribution in [1.29, 1.82) is 0 Å². The zero-order valence-corrected chi connectivity index (χ0v) is 11.8. The van der Waals surface area contributed by atoms with Gasteiger partial charge in [-0.3, -0.25) is 10.1 Å². The summed E-state index contributed by atoms with van der Waals surface area (Å²) in [5, 5.41) is 10.4. The molecular formula is C17H15NO4. The lowest BCUT2D eigenvalue weighted by molar-refractivity contribution is -0.400. The Kier molecular flexibility index (Phi) is 5.43. The van der Waals surface area contributed by atoms with Crippen molar-refractivity contribution in [3.05, 3.63) is 87.6 Å². The van der Waals surface area contributed by atoms with E-state index in [1.807, 2.05) is 18.2 Å². The molecule has 0 saturated carbocycles. The lowest BCUT2D eigenvalue weighted by Crippen LogP contribution is -2.08. The molecule has 2 aromatic carbocycles. The van der Waals surface area contributed by atoms with E-state index in [0.29, 0.717) is 12.0 Å². The molecule has 0 radical (unpaired) electrons. The van der Waals surface area contributed by atoms with Gasteiger partial charge < -0.3 is 4.74 Å². The lowest BCUT2D eigenvalue weighted by atomic mass is 10.1. The van der Waals surface area contributed by atoms with Crippen molar-refractivity contribution in [2.75, 3.05) is 6.61 Å². The molecule has 0 fully saturated rings. The maximum absolute atomic E-state index is 11.8. The second-order valence-electron chi connectivity index (χ2n) is 4.55. The van der Waals surface area contributed by atoms with Gasteiger partial charge in [0.05, 0.1) is 17.1 Å². The van der Waals surface area contributed by atoms with E-state index < -0.39 is 4.92 Å². The van der Waals surface area contributed by atoms with Gasteiger partial charge in [0.15, 0.2) is 0 Å². The first-order chi connectivity index (χ1) is 10.7. The molecule has 0 unspecified atom stereocenters. The average molecular weight is 297 g/mol. The minimum absolute atomic E-state index is 0.219. The third-order valence-electron chi connectivity index (χ3n) is 3.04. The van der Waals surface area contributed by atoms with Crippen LogP contribution in [-0.4, -0.2) is 17.5 Å². The van der Waals surface area contributed by atoms with E-state index in [-0.39, 0.29) is 12.6 Å². The predicted molar refractivity (Wildman–Crippen MR) is 82.9 cm³/mol. The number of nitrogens with zero attached hydrogens (tertiary/aromatic N) is 1. The third kappa shape index (κ3) is 4.56. The van der Waals surface area contributed by atoms with Gasteiger partial charge in [-0.15, -0.1) is 0 Å². The topological polar surface area (TPSA) is 69.4 Å².